The van der Waals surface area contributed by atoms with Crippen molar-refractivity contribution in [2.45, 2.75) is 6.42 Å². The summed E-state index contributed by atoms with van der Waals surface area (Å²) in [6.45, 7) is 0.497. The summed E-state index contributed by atoms with van der Waals surface area (Å²) in [7, 11) is 0. The third kappa shape index (κ3) is 3.80. The van der Waals surface area contributed by atoms with Gasteiger partial charge in [0.15, 0.2) is 4.67 Å². The van der Waals surface area contributed by atoms with Gasteiger partial charge in [-0.05, 0) is 28.4 Å². The molecule has 0 saturated heterocycles. The van der Waals surface area contributed by atoms with Gasteiger partial charge in [-0.15, -0.1) is 0 Å². The van der Waals surface area contributed by atoms with E-state index in [-0.39, 0.29) is 12.6 Å². The second-order valence-electron chi connectivity index (χ2n) is 2.56. The van der Waals surface area contributed by atoms with Crippen LogP contribution in [0.15, 0.2) is 21.2 Å². The number of rotatable bonds is 4. The fraction of sp³-hybridized carbons (Fsp3) is 0.375. The van der Waals surface area contributed by atoms with Gasteiger partial charge in [-0.3, -0.25) is 5.32 Å². The average Bonchev–Trinajstić information content (AvgIpc) is 2.52. The lowest BCUT2D eigenvalue weighted by Crippen LogP contribution is -2.29. The Labute approximate surface area is 89.6 Å². The van der Waals surface area contributed by atoms with E-state index in [1.807, 2.05) is 0 Å². The molecule has 0 radical (unpaired) electrons. The van der Waals surface area contributed by atoms with Crippen LogP contribution in [0.25, 0.3) is 0 Å². The standard InChI is InChI=1S/C8H11BrN2O3/c9-6-2-3-7(14-6)11-8(13)10-4-1-5-12/h2-3,12H,1,4-5H2,(H2,10,11,13). The van der Waals surface area contributed by atoms with Gasteiger partial charge in [-0.2, -0.15) is 0 Å². The second kappa shape index (κ2) is 5.66. The first-order valence-electron chi connectivity index (χ1n) is 4.13. The first kappa shape index (κ1) is 11.1. The summed E-state index contributed by atoms with van der Waals surface area (Å²) < 4.78 is 5.61. The zero-order valence-corrected chi connectivity index (χ0v) is 9.00. The molecule has 0 atom stereocenters. The van der Waals surface area contributed by atoms with Gasteiger partial charge in [-0.25, -0.2) is 4.79 Å². The maximum atomic E-state index is 11.1. The molecule has 1 aromatic heterocycles. The molecule has 0 unspecified atom stereocenters. The molecule has 0 aliphatic heterocycles. The van der Waals surface area contributed by atoms with Crippen LogP contribution in [0.1, 0.15) is 6.42 Å². The number of furan rings is 1. The molecule has 3 N–H and O–H groups in total. The molecule has 2 amide bonds. The number of amides is 2. The quantitative estimate of drug-likeness (QED) is 0.721. The van der Waals surface area contributed by atoms with Crippen molar-refractivity contribution < 1.29 is 14.3 Å². The Kier molecular flexibility index (Phi) is 4.48. The van der Waals surface area contributed by atoms with Crippen LogP contribution >= 0.6 is 15.9 Å². The average molecular weight is 263 g/mol. The van der Waals surface area contributed by atoms with Crippen molar-refractivity contribution in [3.05, 3.63) is 16.8 Å². The molecule has 1 aromatic rings. The Bertz CT molecular complexity index is 301. The molecule has 1 rings (SSSR count). The molecule has 5 nitrogen and oxygen atoms in total. The highest BCUT2D eigenvalue weighted by atomic mass is 79.9. The first-order valence-corrected chi connectivity index (χ1v) is 4.92. The molecule has 0 saturated carbocycles. The Morgan fingerprint density at radius 2 is 2.36 bits per heavy atom. The molecule has 0 aromatic carbocycles. The van der Waals surface area contributed by atoms with Crippen molar-refractivity contribution in [1.82, 2.24) is 5.32 Å². The van der Waals surface area contributed by atoms with E-state index in [9.17, 15) is 4.79 Å². The van der Waals surface area contributed by atoms with E-state index >= 15 is 0 Å². The minimum atomic E-state index is -0.347. The normalized spacial score (nSPS) is 9.86. The third-order valence-electron chi connectivity index (χ3n) is 1.43. The van der Waals surface area contributed by atoms with Gasteiger partial charge in [0.1, 0.15) is 0 Å². The lowest BCUT2D eigenvalue weighted by molar-refractivity contribution is 0.248. The number of halogens is 1. The minimum Gasteiger partial charge on any atom is -0.434 e. The van der Waals surface area contributed by atoms with Crippen molar-refractivity contribution >= 4 is 27.8 Å². The predicted molar refractivity (Wildman–Crippen MR) is 55.1 cm³/mol. The molecule has 78 valence electrons. The number of nitrogens with one attached hydrogen (secondary N) is 2. The smallest absolute Gasteiger partial charge is 0.321 e. The third-order valence-corrected chi connectivity index (χ3v) is 1.86. The number of aliphatic hydroxyl groups excluding tert-OH is 1. The van der Waals surface area contributed by atoms with Gasteiger partial charge >= 0.3 is 6.03 Å². The summed E-state index contributed by atoms with van der Waals surface area (Å²) in [5.41, 5.74) is 0. The molecular weight excluding hydrogens is 252 g/mol. The van der Waals surface area contributed by atoms with E-state index < -0.39 is 0 Å². The summed E-state index contributed by atoms with van der Waals surface area (Å²) in [4.78, 5) is 11.1. The predicted octanol–water partition coefficient (Wildman–Crippen LogP) is 1.55. The van der Waals surface area contributed by atoms with E-state index in [4.69, 9.17) is 9.52 Å². The Hall–Kier alpha value is -1.01. The fourth-order valence-corrected chi connectivity index (χ4v) is 1.13. The van der Waals surface area contributed by atoms with Crippen molar-refractivity contribution in [2.24, 2.45) is 0 Å². The Morgan fingerprint density at radius 3 is 2.93 bits per heavy atom. The fourth-order valence-electron chi connectivity index (χ4n) is 0.819. The molecule has 0 fully saturated rings. The van der Waals surface area contributed by atoms with E-state index in [1.54, 1.807) is 12.1 Å². The van der Waals surface area contributed by atoms with Crippen LogP contribution in [-0.4, -0.2) is 24.3 Å². The van der Waals surface area contributed by atoms with E-state index in [0.29, 0.717) is 23.5 Å². The van der Waals surface area contributed by atoms with Gasteiger partial charge in [0.2, 0.25) is 5.88 Å². The van der Waals surface area contributed by atoms with Crippen LogP contribution < -0.4 is 10.6 Å². The molecule has 0 aliphatic carbocycles. The number of anilines is 1. The summed E-state index contributed by atoms with van der Waals surface area (Å²) in [6, 6.07) is 2.97. The highest BCUT2D eigenvalue weighted by Crippen LogP contribution is 2.17. The Morgan fingerprint density at radius 1 is 1.57 bits per heavy atom. The largest absolute Gasteiger partial charge is 0.434 e. The summed E-state index contributed by atoms with van der Waals surface area (Å²) in [5.74, 6) is 0.373. The highest BCUT2D eigenvalue weighted by molar-refractivity contribution is 9.10. The highest BCUT2D eigenvalue weighted by Gasteiger charge is 2.03. The summed E-state index contributed by atoms with van der Waals surface area (Å²) in [5, 5.41) is 13.5. The number of carbonyl (C=O) groups excluding carboxylic acids is 1. The Balaban J connectivity index is 2.27. The van der Waals surface area contributed by atoms with Crippen LogP contribution in [0.5, 0.6) is 0 Å². The lowest BCUT2D eigenvalue weighted by atomic mass is 10.4. The summed E-state index contributed by atoms with van der Waals surface area (Å²) in [6.07, 6.45) is 0.537. The topological polar surface area (TPSA) is 74.5 Å². The SMILES string of the molecule is O=C(NCCCO)Nc1ccc(Br)o1. The van der Waals surface area contributed by atoms with Crippen molar-refractivity contribution in [1.29, 1.82) is 0 Å². The molecule has 0 spiro atoms. The molecule has 1 heterocycles. The zero-order chi connectivity index (χ0) is 10.4. The lowest BCUT2D eigenvalue weighted by Gasteiger charge is -2.03. The van der Waals surface area contributed by atoms with E-state index in [0.717, 1.165) is 0 Å². The maximum absolute atomic E-state index is 11.1. The molecule has 14 heavy (non-hydrogen) atoms. The van der Waals surface area contributed by atoms with Gasteiger partial charge in [0.05, 0.1) is 0 Å². The van der Waals surface area contributed by atoms with Crippen molar-refractivity contribution in [2.75, 3.05) is 18.5 Å². The second-order valence-corrected chi connectivity index (χ2v) is 3.34. The van der Waals surface area contributed by atoms with Gasteiger partial charge in [0, 0.05) is 19.2 Å². The summed E-state index contributed by atoms with van der Waals surface area (Å²) >= 11 is 3.11. The van der Waals surface area contributed by atoms with Crippen LogP contribution in [-0.2, 0) is 0 Å². The van der Waals surface area contributed by atoms with Gasteiger partial charge < -0.3 is 14.8 Å². The van der Waals surface area contributed by atoms with E-state index in [1.165, 1.54) is 0 Å². The molecular formula is C8H11BrN2O3. The van der Waals surface area contributed by atoms with Crippen LogP contribution in [0.3, 0.4) is 0 Å². The number of urea groups is 1. The zero-order valence-electron chi connectivity index (χ0n) is 7.42. The van der Waals surface area contributed by atoms with Crippen LogP contribution in [0, 0.1) is 0 Å². The van der Waals surface area contributed by atoms with Gasteiger partial charge in [0.25, 0.3) is 0 Å². The molecule has 0 bridgehead atoms. The number of hydrogen-bond donors (Lipinski definition) is 3. The monoisotopic (exact) mass is 262 g/mol. The molecule has 6 heteroatoms. The van der Waals surface area contributed by atoms with Gasteiger partial charge in [-0.1, -0.05) is 0 Å². The number of carbonyl (C=O) groups is 1. The number of hydrogen-bond acceptors (Lipinski definition) is 3. The van der Waals surface area contributed by atoms with E-state index in [2.05, 4.69) is 26.6 Å². The number of aliphatic hydroxyl groups is 1. The maximum Gasteiger partial charge on any atom is 0.321 e. The minimum absolute atomic E-state index is 0.0621. The van der Waals surface area contributed by atoms with Crippen LogP contribution in [0.2, 0.25) is 0 Å². The molecule has 0 aliphatic rings. The van der Waals surface area contributed by atoms with Crippen molar-refractivity contribution in [3.63, 3.8) is 0 Å². The van der Waals surface area contributed by atoms with Crippen LogP contribution in [0.4, 0.5) is 10.7 Å². The van der Waals surface area contributed by atoms with Crippen molar-refractivity contribution in [3.8, 4) is 0 Å². The first-order chi connectivity index (χ1) is 6.72.